The lowest BCUT2D eigenvalue weighted by atomic mass is 10.0. The summed E-state index contributed by atoms with van der Waals surface area (Å²) >= 11 is 0. The molecular formula is C54H37N3O2. The molecule has 2 heterocycles. The predicted octanol–water partition coefficient (Wildman–Crippen LogP) is 15.6. The van der Waals surface area contributed by atoms with E-state index in [9.17, 15) is 0 Å². The van der Waals surface area contributed by atoms with Crippen LogP contribution in [0.4, 0.5) is 51.2 Å². The second-order valence-electron chi connectivity index (χ2n) is 14.6. The molecule has 59 heavy (non-hydrogen) atoms. The zero-order valence-corrected chi connectivity index (χ0v) is 32.0. The summed E-state index contributed by atoms with van der Waals surface area (Å²) < 4.78 is 12.8. The third kappa shape index (κ3) is 6.22. The minimum Gasteiger partial charge on any atom is -0.453 e. The Morgan fingerprint density at radius 3 is 1.15 bits per heavy atom. The van der Waals surface area contributed by atoms with Gasteiger partial charge in [-0.1, -0.05) is 115 Å². The van der Waals surface area contributed by atoms with E-state index in [2.05, 4.69) is 197 Å². The van der Waals surface area contributed by atoms with Crippen molar-refractivity contribution in [3.05, 3.63) is 224 Å². The highest BCUT2D eigenvalue weighted by Gasteiger charge is 2.27. The quantitative estimate of drug-likeness (QED) is 0.161. The van der Waals surface area contributed by atoms with Gasteiger partial charge in [0.15, 0.2) is 23.0 Å². The first-order valence-corrected chi connectivity index (χ1v) is 19.8. The maximum atomic E-state index is 6.54. The molecule has 0 radical (unpaired) electrons. The van der Waals surface area contributed by atoms with Crippen molar-refractivity contribution in [2.45, 2.75) is 0 Å². The summed E-state index contributed by atoms with van der Waals surface area (Å²) in [6, 6.07) is 78.4. The Bertz CT molecular complexity index is 2890. The Kier molecular flexibility index (Phi) is 8.41. The second-order valence-corrected chi connectivity index (χ2v) is 14.6. The highest BCUT2D eigenvalue weighted by Crippen LogP contribution is 2.52. The normalized spacial score (nSPS) is 12.3. The third-order valence-corrected chi connectivity index (χ3v) is 11.0. The molecule has 0 aromatic heterocycles. The molecule has 0 spiro atoms. The van der Waals surface area contributed by atoms with E-state index in [-0.39, 0.29) is 0 Å². The molecule has 0 saturated heterocycles. The van der Waals surface area contributed by atoms with E-state index in [1.54, 1.807) is 0 Å². The molecule has 0 bridgehead atoms. The SMILES string of the molecule is c1ccc(-c2ccc(N(c3ccc(-c4ccc5c(c4)Oc4ccccc4N5c4ccccc4)cc3)c3ccc(N4c5ccccc5Oc5ccccc54)cc3)cc2)cc1. The molecule has 5 nitrogen and oxygen atoms in total. The number of rotatable bonds is 7. The second kappa shape index (κ2) is 14.5. The van der Waals surface area contributed by atoms with Gasteiger partial charge in [-0.25, -0.2) is 0 Å². The van der Waals surface area contributed by atoms with Crippen LogP contribution in [0.3, 0.4) is 0 Å². The van der Waals surface area contributed by atoms with E-state index in [1.165, 1.54) is 11.1 Å². The zero-order valence-electron chi connectivity index (χ0n) is 32.0. The number of benzene rings is 9. The van der Waals surface area contributed by atoms with E-state index >= 15 is 0 Å². The Hall–Kier alpha value is -8.02. The zero-order chi connectivity index (χ0) is 39.1. The largest absolute Gasteiger partial charge is 0.453 e. The van der Waals surface area contributed by atoms with E-state index in [4.69, 9.17) is 9.47 Å². The van der Waals surface area contributed by atoms with Crippen molar-refractivity contribution in [1.82, 2.24) is 0 Å². The van der Waals surface area contributed by atoms with Crippen molar-refractivity contribution in [3.63, 3.8) is 0 Å². The minimum absolute atomic E-state index is 0.819. The van der Waals surface area contributed by atoms with Gasteiger partial charge in [-0.05, 0) is 131 Å². The molecule has 0 fully saturated rings. The molecule has 9 aromatic carbocycles. The van der Waals surface area contributed by atoms with Crippen molar-refractivity contribution >= 4 is 51.2 Å². The van der Waals surface area contributed by atoms with Crippen LogP contribution in [0.25, 0.3) is 22.3 Å². The smallest absolute Gasteiger partial charge is 0.152 e. The fourth-order valence-electron chi connectivity index (χ4n) is 8.21. The van der Waals surface area contributed by atoms with Gasteiger partial charge >= 0.3 is 0 Å². The fraction of sp³-hybridized carbons (Fsp3) is 0. The van der Waals surface area contributed by atoms with Gasteiger partial charge in [-0.3, -0.25) is 0 Å². The lowest BCUT2D eigenvalue weighted by Gasteiger charge is -2.33. The van der Waals surface area contributed by atoms with Gasteiger partial charge < -0.3 is 24.2 Å². The summed E-state index contributed by atoms with van der Waals surface area (Å²) in [5.41, 5.74) is 13.9. The Balaban J connectivity index is 0.956. The van der Waals surface area contributed by atoms with E-state index in [0.717, 1.165) is 85.3 Å². The van der Waals surface area contributed by atoms with Gasteiger partial charge in [0.2, 0.25) is 0 Å². The van der Waals surface area contributed by atoms with Crippen LogP contribution in [0.2, 0.25) is 0 Å². The summed E-state index contributed by atoms with van der Waals surface area (Å²) in [5.74, 6) is 3.32. The van der Waals surface area contributed by atoms with Crippen LogP contribution in [0, 0.1) is 0 Å². The van der Waals surface area contributed by atoms with Gasteiger partial charge in [0, 0.05) is 28.4 Å². The first-order valence-electron chi connectivity index (χ1n) is 19.8. The lowest BCUT2D eigenvalue weighted by Crippen LogP contribution is -2.16. The Labute approximate surface area is 343 Å². The maximum absolute atomic E-state index is 6.54. The summed E-state index contributed by atoms with van der Waals surface area (Å²) in [6.07, 6.45) is 0. The molecular weight excluding hydrogens is 723 g/mol. The highest BCUT2D eigenvalue weighted by molar-refractivity contribution is 5.90. The van der Waals surface area contributed by atoms with E-state index < -0.39 is 0 Å². The van der Waals surface area contributed by atoms with E-state index in [1.807, 2.05) is 42.5 Å². The van der Waals surface area contributed by atoms with Crippen molar-refractivity contribution in [3.8, 4) is 45.3 Å². The molecule has 2 aliphatic rings. The molecule has 11 rings (SSSR count). The number of fused-ring (bicyclic) bond motifs is 4. The molecule has 0 N–H and O–H groups in total. The maximum Gasteiger partial charge on any atom is 0.152 e. The number of nitrogens with zero attached hydrogens (tertiary/aromatic N) is 3. The van der Waals surface area contributed by atoms with Gasteiger partial charge in [-0.2, -0.15) is 0 Å². The number of anilines is 9. The molecule has 2 aliphatic heterocycles. The monoisotopic (exact) mass is 759 g/mol. The van der Waals surface area contributed by atoms with Gasteiger partial charge in [0.1, 0.15) is 0 Å². The highest BCUT2D eigenvalue weighted by atomic mass is 16.5. The Morgan fingerprint density at radius 1 is 0.271 bits per heavy atom. The fourth-order valence-corrected chi connectivity index (χ4v) is 8.21. The molecule has 0 saturated carbocycles. The number of hydrogen-bond donors (Lipinski definition) is 0. The summed E-state index contributed by atoms with van der Waals surface area (Å²) in [7, 11) is 0. The van der Waals surface area contributed by atoms with Crippen LogP contribution < -0.4 is 24.2 Å². The first-order chi connectivity index (χ1) is 29.2. The molecule has 0 atom stereocenters. The summed E-state index contributed by atoms with van der Waals surface area (Å²) in [5, 5.41) is 0. The third-order valence-electron chi connectivity index (χ3n) is 11.0. The van der Waals surface area contributed by atoms with Crippen LogP contribution in [-0.2, 0) is 0 Å². The number of ether oxygens (including phenoxy) is 2. The average molecular weight is 760 g/mol. The number of hydrogen-bond acceptors (Lipinski definition) is 5. The number of para-hydroxylation sites is 7. The molecule has 9 aromatic rings. The standard InChI is InChI=1S/C54H37N3O2/c1-3-13-38(14-4-1)39-23-28-43(29-24-39)55(45-32-34-46(35-33-45)57-47-17-7-10-20-51(47)58-52-21-11-8-18-48(52)57)44-30-25-40(26-31-44)41-27-36-50-54(37-41)59-53-22-12-9-19-49(53)56(50)42-15-5-2-6-16-42/h1-37H. The van der Waals surface area contributed by atoms with Gasteiger partial charge in [0.25, 0.3) is 0 Å². The van der Waals surface area contributed by atoms with E-state index in [0.29, 0.717) is 0 Å². The molecule has 0 unspecified atom stereocenters. The predicted molar refractivity (Wildman–Crippen MR) is 242 cm³/mol. The summed E-state index contributed by atoms with van der Waals surface area (Å²) in [6.45, 7) is 0. The topological polar surface area (TPSA) is 28.2 Å². The van der Waals surface area contributed by atoms with Crippen molar-refractivity contribution in [1.29, 1.82) is 0 Å². The lowest BCUT2D eigenvalue weighted by molar-refractivity contribution is 0.477. The van der Waals surface area contributed by atoms with Gasteiger partial charge in [-0.15, -0.1) is 0 Å². The summed E-state index contributed by atoms with van der Waals surface area (Å²) in [4.78, 5) is 6.85. The van der Waals surface area contributed by atoms with Crippen LogP contribution in [0.5, 0.6) is 23.0 Å². The molecule has 0 aliphatic carbocycles. The molecule has 0 amide bonds. The van der Waals surface area contributed by atoms with Crippen LogP contribution in [-0.4, -0.2) is 0 Å². The van der Waals surface area contributed by atoms with Crippen LogP contribution in [0.15, 0.2) is 224 Å². The van der Waals surface area contributed by atoms with Gasteiger partial charge in [0.05, 0.1) is 22.7 Å². The molecule has 5 heteroatoms. The first kappa shape index (κ1) is 34.2. The van der Waals surface area contributed by atoms with Crippen molar-refractivity contribution in [2.24, 2.45) is 0 Å². The Morgan fingerprint density at radius 2 is 0.627 bits per heavy atom. The molecule has 280 valence electrons. The van der Waals surface area contributed by atoms with Crippen LogP contribution in [0.1, 0.15) is 0 Å². The van der Waals surface area contributed by atoms with Crippen molar-refractivity contribution in [2.75, 3.05) is 14.7 Å². The minimum atomic E-state index is 0.819. The average Bonchev–Trinajstić information content (AvgIpc) is 3.31. The van der Waals surface area contributed by atoms with Crippen molar-refractivity contribution < 1.29 is 9.47 Å². The van der Waals surface area contributed by atoms with Crippen LogP contribution >= 0.6 is 0 Å².